The van der Waals surface area contributed by atoms with Crippen molar-refractivity contribution in [1.29, 1.82) is 5.26 Å². The van der Waals surface area contributed by atoms with Crippen molar-refractivity contribution < 1.29 is 0 Å². The smallest absolute Gasteiger partial charge is 0.0905 e. The quantitative estimate of drug-likeness (QED) is 0.374. The van der Waals surface area contributed by atoms with E-state index >= 15 is 0 Å². The maximum atomic E-state index is 7.51. The standard InChI is InChI=1S/C3H3N/c1-2-3-4/h2H,1H2/i3+2. The van der Waals surface area contributed by atoms with Crippen molar-refractivity contribution in [1.82, 2.24) is 0 Å². The van der Waals surface area contributed by atoms with E-state index in [-0.39, 0.29) is 0 Å². The number of nitriles is 1. The first kappa shape index (κ1) is 3.23. The highest BCUT2D eigenvalue weighted by molar-refractivity contribution is 4.93. The summed E-state index contributed by atoms with van der Waals surface area (Å²) in [5, 5.41) is 7.51. The average molecular weight is 55.1 g/mol. The van der Waals surface area contributed by atoms with Gasteiger partial charge in [0.1, 0.15) is 0 Å². The lowest BCUT2D eigenvalue weighted by Crippen LogP contribution is -1.23. The fourth-order valence-electron chi connectivity index (χ4n) is 0. The van der Waals surface area contributed by atoms with Gasteiger partial charge in [-0.05, 0) is 0 Å². The van der Waals surface area contributed by atoms with Gasteiger partial charge in [-0.15, -0.1) is 0 Å². The fraction of sp³-hybridized carbons (Fsp3) is 0. The lowest BCUT2D eigenvalue weighted by atomic mass is 11.1. The van der Waals surface area contributed by atoms with Crippen LogP contribution in [0.25, 0.3) is 0 Å². The largest absolute Gasteiger partial charge is 0.193 e. The van der Waals surface area contributed by atoms with Crippen LogP contribution in [-0.2, 0) is 0 Å². The summed E-state index contributed by atoms with van der Waals surface area (Å²) in [7, 11) is 0. The molecule has 0 spiro atoms. The van der Waals surface area contributed by atoms with Crippen molar-refractivity contribution >= 4 is 0 Å². The molecule has 0 aromatic carbocycles. The maximum absolute atomic E-state index is 7.51. The molecule has 4 heavy (non-hydrogen) atoms. The molecule has 0 aromatic rings. The van der Waals surface area contributed by atoms with Crippen LogP contribution in [0.1, 0.15) is 0 Å². The third-order valence-corrected chi connectivity index (χ3v) is 0.0913. The van der Waals surface area contributed by atoms with Crippen LogP contribution in [0, 0.1) is 11.3 Å². The first-order valence-electron chi connectivity index (χ1n) is 0.921. The Balaban J connectivity index is 2.92. The van der Waals surface area contributed by atoms with Gasteiger partial charge in [0.2, 0.25) is 0 Å². The van der Waals surface area contributed by atoms with Crippen LogP contribution < -0.4 is 0 Å². The lowest BCUT2D eigenvalue weighted by molar-refractivity contribution is 1.54. The second-order valence-corrected chi connectivity index (χ2v) is 0.333. The molecule has 20 valence electrons. The van der Waals surface area contributed by atoms with E-state index in [9.17, 15) is 0 Å². The number of hydrogen-bond acceptors (Lipinski definition) is 1. The molecule has 0 unspecified atom stereocenters. The minimum atomic E-state index is 1.18. The summed E-state index contributed by atoms with van der Waals surface area (Å²) in [4.78, 5) is 0. The molecule has 0 saturated heterocycles. The summed E-state index contributed by atoms with van der Waals surface area (Å²) in [6, 6.07) is 1.69. The Bertz CT molecular complexity index is 48.8. The van der Waals surface area contributed by atoms with E-state index in [1.807, 2.05) is 0 Å². The fourth-order valence-corrected chi connectivity index (χ4v) is 0. The Kier molecular flexibility index (Phi) is 1.80. The molecular formula is C3H3N. The van der Waals surface area contributed by atoms with E-state index in [1.165, 1.54) is 6.08 Å². The molecule has 0 atom stereocenters. The molecule has 0 N–H and O–H groups in total. The minimum Gasteiger partial charge on any atom is -0.193 e. The summed E-state index contributed by atoms with van der Waals surface area (Å²) in [5.74, 6) is 0. The highest BCUT2D eigenvalue weighted by Crippen LogP contribution is 1.41. The third kappa shape index (κ3) is 1.23. The van der Waals surface area contributed by atoms with Gasteiger partial charge in [0.15, 0.2) is 0 Å². The molecule has 0 rings (SSSR count). The van der Waals surface area contributed by atoms with E-state index in [4.69, 9.17) is 5.26 Å². The van der Waals surface area contributed by atoms with Crippen molar-refractivity contribution in [2.75, 3.05) is 0 Å². The van der Waals surface area contributed by atoms with Gasteiger partial charge in [-0.3, -0.25) is 0 Å². The molecule has 0 aromatic heterocycles. The van der Waals surface area contributed by atoms with Gasteiger partial charge in [0, 0.05) is 6.08 Å². The number of nitrogens with zero attached hydrogens (tertiary/aromatic N) is 1. The van der Waals surface area contributed by atoms with Crippen LogP contribution >= 0.6 is 0 Å². The molecule has 1 heteroatoms. The Hall–Kier alpha value is -0.770. The highest BCUT2D eigenvalue weighted by Gasteiger charge is 1.34. The van der Waals surface area contributed by atoms with Gasteiger partial charge in [-0.1, -0.05) is 6.58 Å². The first-order valence-corrected chi connectivity index (χ1v) is 0.921. The molecule has 0 amide bonds. The van der Waals surface area contributed by atoms with Gasteiger partial charge >= 0.3 is 0 Å². The summed E-state index contributed by atoms with van der Waals surface area (Å²) in [5.41, 5.74) is 0. The first-order chi connectivity index (χ1) is 1.91. The monoisotopic (exact) mass is 55.0 g/mol. The van der Waals surface area contributed by atoms with Crippen molar-refractivity contribution in [3.8, 4) is 6.07 Å². The van der Waals surface area contributed by atoms with Crippen LogP contribution in [0.4, 0.5) is 0 Å². The number of hydrogen-bond donors (Lipinski definition) is 0. The minimum absolute atomic E-state index is 1.18. The predicted octanol–water partition coefficient (Wildman–Crippen LogP) is 0.696. The van der Waals surface area contributed by atoms with Crippen molar-refractivity contribution in [3.63, 3.8) is 0 Å². The van der Waals surface area contributed by atoms with Gasteiger partial charge in [0.25, 0.3) is 0 Å². The van der Waals surface area contributed by atoms with Crippen molar-refractivity contribution in [3.05, 3.63) is 12.7 Å². The zero-order valence-electron chi connectivity index (χ0n) is 2.23. The summed E-state index contributed by atoms with van der Waals surface area (Å²) in [6.07, 6.45) is 1.18. The van der Waals surface area contributed by atoms with E-state index in [0.717, 1.165) is 0 Å². The van der Waals surface area contributed by atoms with E-state index in [1.54, 1.807) is 6.07 Å². The summed E-state index contributed by atoms with van der Waals surface area (Å²) in [6.45, 7) is 3.12. The molecule has 0 aliphatic heterocycles. The summed E-state index contributed by atoms with van der Waals surface area (Å²) < 4.78 is 0. The summed E-state index contributed by atoms with van der Waals surface area (Å²) >= 11 is 0. The normalized spacial score (nSPS) is 3.75. The van der Waals surface area contributed by atoms with Crippen LogP contribution in [0.5, 0.6) is 0 Å². The second kappa shape index (κ2) is 2.23. The predicted molar refractivity (Wildman–Crippen MR) is 15.8 cm³/mol. The average Bonchev–Trinajstić information content (AvgIpc) is 1.37. The highest BCUT2D eigenvalue weighted by atomic mass is 14.8. The molecule has 0 radical (unpaired) electrons. The van der Waals surface area contributed by atoms with Crippen molar-refractivity contribution in [2.24, 2.45) is 0 Å². The third-order valence-electron chi connectivity index (χ3n) is 0.0913. The molecular weight excluding hydrogens is 52.0 g/mol. The van der Waals surface area contributed by atoms with Crippen LogP contribution in [0.2, 0.25) is 0 Å². The van der Waals surface area contributed by atoms with E-state index in [0.29, 0.717) is 0 Å². The molecule has 0 fully saturated rings. The van der Waals surface area contributed by atoms with Crippen LogP contribution in [0.15, 0.2) is 12.7 Å². The van der Waals surface area contributed by atoms with E-state index in [2.05, 4.69) is 6.58 Å². The molecule has 0 bridgehead atoms. The van der Waals surface area contributed by atoms with Crippen LogP contribution in [0.3, 0.4) is 0 Å². The lowest BCUT2D eigenvalue weighted by Gasteiger charge is -1.31. The van der Waals surface area contributed by atoms with Crippen LogP contribution in [-0.4, -0.2) is 0 Å². The number of rotatable bonds is 0. The Morgan fingerprint density at radius 1 is 2.00 bits per heavy atom. The molecule has 1 nitrogen and oxygen atoms in total. The van der Waals surface area contributed by atoms with Gasteiger partial charge in [0.05, 0.1) is 6.07 Å². The molecule has 0 heterocycles. The van der Waals surface area contributed by atoms with Gasteiger partial charge < -0.3 is 0 Å². The SMILES string of the molecule is C=C[14C]#N. The second-order valence-electron chi connectivity index (χ2n) is 0.333. The van der Waals surface area contributed by atoms with Gasteiger partial charge in [-0.25, -0.2) is 0 Å². The molecule has 0 aliphatic rings. The zero-order valence-corrected chi connectivity index (χ0v) is 2.23. The Morgan fingerprint density at radius 2 is 2.25 bits per heavy atom. The number of allylic oxidation sites excluding steroid dienone is 1. The maximum Gasteiger partial charge on any atom is 0.0905 e. The Morgan fingerprint density at radius 3 is 2.25 bits per heavy atom. The van der Waals surface area contributed by atoms with Crippen molar-refractivity contribution in [2.45, 2.75) is 0 Å². The molecule has 0 aliphatic carbocycles. The Labute approximate surface area is 25.2 Å². The topological polar surface area (TPSA) is 23.8 Å². The molecule has 0 saturated carbocycles. The zero-order chi connectivity index (χ0) is 3.41. The van der Waals surface area contributed by atoms with E-state index < -0.39 is 0 Å². The van der Waals surface area contributed by atoms with Gasteiger partial charge in [-0.2, -0.15) is 5.26 Å².